The third-order valence-corrected chi connectivity index (χ3v) is 4.32. The van der Waals surface area contributed by atoms with Crippen molar-refractivity contribution in [3.63, 3.8) is 0 Å². The van der Waals surface area contributed by atoms with Crippen molar-refractivity contribution in [3.8, 4) is 0 Å². The van der Waals surface area contributed by atoms with Crippen LogP contribution in [0.4, 0.5) is 0 Å². The molecule has 3 rings (SSSR count). The number of nitrogens with zero attached hydrogens (tertiary/aromatic N) is 6. The van der Waals surface area contributed by atoms with Crippen molar-refractivity contribution in [2.45, 2.75) is 26.4 Å². The zero-order valence-corrected chi connectivity index (χ0v) is 14.0. The van der Waals surface area contributed by atoms with Crippen molar-refractivity contribution in [3.05, 3.63) is 36.2 Å². The van der Waals surface area contributed by atoms with E-state index in [0.717, 1.165) is 38.5 Å². The fourth-order valence-electron chi connectivity index (χ4n) is 2.77. The fourth-order valence-corrected chi connectivity index (χ4v) is 2.77. The molecule has 1 aliphatic rings. The molecule has 7 nitrogen and oxygen atoms in total. The topological polar surface area (TPSA) is 59.2 Å². The van der Waals surface area contributed by atoms with E-state index in [1.807, 2.05) is 39.8 Å². The molecular formula is C16H24N6O. The normalized spacial score (nSPS) is 16.3. The van der Waals surface area contributed by atoms with Crippen LogP contribution >= 0.6 is 0 Å². The monoisotopic (exact) mass is 316 g/mol. The number of hydrogen-bond acceptors (Lipinski definition) is 4. The molecule has 0 atom stereocenters. The Bertz CT molecular complexity index is 666. The van der Waals surface area contributed by atoms with Crippen LogP contribution in [0.2, 0.25) is 0 Å². The molecule has 1 aliphatic heterocycles. The summed E-state index contributed by atoms with van der Waals surface area (Å²) < 4.78 is 3.86. The molecule has 124 valence electrons. The second-order valence-electron chi connectivity index (χ2n) is 6.33. The van der Waals surface area contributed by atoms with Gasteiger partial charge >= 0.3 is 0 Å². The van der Waals surface area contributed by atoms with Crippen LogP contribution in [0.5, 0.6) is 0 Å². The number of aromatic nitrogens is 4. The second-order valence-corrected chi connectivity index (χ2v) is 6.33. The molecular weight excluding hydrogens is 292 g/mol. The van der Waals surface area contributed by atoms with Crippen molar-refractivity contribution in [1.82, 2.24) is 29.1 Å². The maximum atomic E-state index is 12.6. The van der Waals surface area contributed by atoms with Gasteiger partial charge in [-0.3, -0.25) is 14.4 Å². The lowest BCUT2D eigenvalue weighted by molar-refractivity contribution is 0.0624. The highest BCUT2D eigenvalue weighted by molar-refractivity contribution is 5.93. The Kier molecular flexibility index (Phi) is 4.47. The maximum absolute atomic E-state index is 12.6. The predicted octanol–water partition coefficient (Wildman–Crippen LogP) is 1.16. The van der Waals surface area contributed by atoms with Crippen LogP contribution < -0.4 is 0 Å². The number of carbonyl (C=O) groups is 1. The molecule has 0 spiro atoms. The molecule has 2 aromatic rings. The highest BCUT2D eigenvalue weighted by Gasteiger charge is 2.23. The molecule has 1 saturated heterocycles. The van der Waals surface area contributed by atoms with Gasteiger partial charge in [-0.2, -0.15) is 5.10 Å². The van der Waals surface area contributed by atoms with Gasteiger partial charge in [0.25, 0.3) is 5.91 Å². The molecule has 23 heavy (non-hydrogen) atoms. The summed E-state index contributed by atoms with van der Waals surface area (Å²) in [6, 6.07) is 0.270. The van der Waals surface area contributed by atoms with Gasteiger partial charge in [-0.1, -0.05) is 0 Å². The summed E-state index contributed by atoms with van der Waals surface area (Å²) in [5, 5.41) is 4.25. The minimum Gasteiger partial charge on any atom is -0.337 e. The molecule has 0 N–H and O–H groups in total. The highest BCUT2D eigenvalue weighted by Crippen LogP contribution is 2.12. The first-order valence-corrected chi connectivity index (χ1v) is 8.06. The van der Waals surface area contributed by atoms with Crippen molar-refractivity contribution in [2.24, 2.45) is 7.05 Å². The number of amides is 1. The average molecular weight is 316 g/mol. The Hall–Kier alpha value is -2.15. The van der Waals surface area contributed by atoms with Crippen LogP contribution in [0.1, 0.15) is 36.1 Å². The van der Waals surface area contributed by atoms with E-state index >= 15 is 0 Å². The van der Waals surface area contributed by atoms with Gasteiger partial charge in [-0.05, 0) is 13.8 Å². The Labute approximate surface area is 136 Å². The molecule has 0 aromatic carbocycles. The Morgan fingerprint density at radius 3 is 2.57 bits per heavy atom. The summed E-state index contributed by atoms with van der Waals surface area (Å²) in [6.07, 6.45) is 7.29. The van der Waals surface area contributed by atoms with E-state index in [0.29, 0.717) is 5.56 Å². The van der Waals surface area contributed by atoms with E-state index in [4.69, 9.17) is 0 Å². The molecule has 0 aliphatic carbocycles. The van der Waals surface area contributed by atoms with Gasteiger partial charge in [-0.25, -0.2) is 4.98 Å². The van der Waals surface area contributed by atoms with Crippen LogP contribution in [-0.4, -0.2) is 61.2 Å². The summed E-state index contributed by atoms with van der Waals surface area (Å²) in [6.45, 7) is 8.17. The minimum atomic E-state index is 0.0774. The number of hydrogen-bond donors (Lipinski definition) is 0. The first-order valence-electron chi connectivity index (χ1n) is 8.06. The lowest BCUT2D eigenvalue weighted by Gasteiger charge is -2.34. The number of carbonyl (C=O) groups excluding carboxylic acids is 1. The first-order chi connectivity index (χ1) is 11.0. The van der Waals surface area contributed by atoms with Gasteiger partial charge in [-0.15, -0.1) is 0 Å². The lowest BCUT2D eigenvalue weighted by atomic mass is 10.2. The molecule has 7 heteroatoms. The van der Waals surface area contributed by atoms with Gasteiger partial charge in [0, 0.05) is 57.9 Å². The van der Waals surface area contributed by atoms with Crippen molar-refractivity contribution in [1.29, 1.82) is 0 Å². The SMILES string of the molecule is CC(C)n1cc(C(=O)N2CCN(Cc3nccn3C)CC2)cn1. The molecule has 0 unspecified atom stereocenters. The predicted molar refractivity (Wildman–Crippen MR) is 87.0 cm³/mol. The lowest BCUT2D eigenvalue weighted by Crippen LogP contribution is -2.48. The van der Waals surface area contributed by atoms with Crippen molar-refractivity contribution < 1.29 is 4.79 Å². The molecule has 2 aromatic heterocycles. The van der Waals surface area contributed by atoms with Crippen LogP contribution in [0.15, 0.2) is 24.8 Å². The smallest absolute Gasteiger partial charge is 0.257 e. The fraction of sp³-hybridized carbons (Fsp3) is 0.562. The standard InChI is InChI=1S/C16H24N6O/c1-13(2)22-11-14(10-18-22)16(23)21-8-6-20(7-9-21)12-15-17-4-5-19(15)3/h4-5,10-11,13H,6-9,12H2,1-3H3. The highest BCUT2D eigenvalue weighted by atomic mass is 16.2. The van der Waals surface area contributed by atoms with Crippen LogP contribution in [0.25, 0.3) is 0 Å². The minimum absolute atomic E-state index is 0.0774. The van der Waals surface area contributed by atoms with Gasteiger partial charge < -0.3 is 9.47 Å². The summed E-state index contributed by atoms with van der Waals surface area (Å²) in [4.78, 5) is 21.2. The number of rotatable bonds is 4. The number of piperazine rings is 1. The molecule has 3 heterocycles. The van der Waals surface area contributed by atoms with Gasteiger partial charge in [0.05, 0.1) is 18.3 Å². The van der Waals surface area contributed by atoms with Crippen molar-refractivity contribution >= 4 is 5.91 Å². The van der Waals surface area contributed by atoms with Crippen LogP contribution in [0.3, 0.4) is 0 Å². The van der Waals surface area contributed by atoms with E-state index in [1.54, 1.807) is 6.20 Å². The molecule has 0 radical (unpaired) electrons. The molecule has 0 saturated carbocycles. The molecule has 1 fully saturated rings. The summed E-state index contributed by atoms with van der Waals surface area (Å²) in [5.41, 5.74) is 0.677. The second kappa shape index (κ2) is 6.54. The average Bonchev–Trinajstić information content (AvgIpc) is 3.17. The van der Waals surface area contributed by atoms with E-state index in [9.17, 15) is 4.79 Å². The number of aryl methyl sites for hydroxylation is 1. The van der Waals surface area contributed by atoms with E-state index < -0.39 is 0 Å². The van der Waals surface area contributed by atoms with Gasteiger partial charge in [0.15, 0.2) is 0 Å². The first kappa shape index (κ1) is 15.7. The third-order valence-electron chi connectivity index (χ3n) is 4.32. The van der Waals surface area contributed by atoms with Crippen LogP contribution in [0, 0.1) is 0 Å². The Morgan fingerprint density at radius 2 is 2.00 bits per heavy atom. The third kappa shape index (κ3) is 3.44. The zero-order valence-electron chi connectivity index (χ0n) is 14.0. The molecule has 0 bridgehead atoms. The summed E-state index contributed by atoms with van der Waals surface area (Å²) in [5.74, 6) is 1.14. The summed E-state index contributed by atoms with van der Waals surface area (Å²) in [7, 11) is 2.01. The van der Waals surface area contributed by atoms with E-state index in [1.165, 1.54) is 0 Å². The zero-order chi connectivity index (χ0) is 16.4. The molecule has 1 amide bonds. The quantitative estimate of drug-likeness (QED) is 0.849. The van der Waals surface area contributed by atoms with Gasteiger partial charge in [0.2, 0.25) is 0 Å². The Balaban J connectivity index is 1.55. The number of imidazole rings is 1. The van der Waals surface area contributed by atoms with Crippen LogP contribution in [-0.2, 0) is 13.6 Å². The van der Waals surface area contributed by atoms with E-state index in [2.05, 4.69) is 28.8 Å². The maximum Gasteiger partial charge on any atom is 0.257 e. The van der Waals surface area contributed by atoms with Crippen molar-refractivity contribution in [2.75, 3.05) is 26.2 Å². The van der Waals surface area contributed by atoms with E-state index in [-0.39, 0.29) is 11.9 Å². The van der Waals surface area contributed by atoms with Gasteiger partial charge in [0.1, 0.15) is 5.82 Å². The largest absolute Gasteiger partial charge is 0.337 e. The summed E-state index contributed by atoms with van der Waals surface area (Å²) >= 11 is 0. The Morgan fingerprint density at radius 1 is 1.26 bits per heavy atom.